The molecule has 2 fully saturated rings. The summed E-state index contributed by atoms with van der Waals surface area (Å²) in [7, 11) is 0. The molecule has 5 rings (SSSR count). The van der Waals surface area contributed by atoms with Crippen LogP contribution in [-0.4, -0.2) is 79.2 Å². The number of hydrogen-bond acceptors (Lipinski definition) is 9. The standard InChI is InChI=1S/C21H25FN8O4/c22-16-5-14-17(32)15(20(33)34)9-30(12-1-2-12)18(14)27-19(16)29-4-3-11(8-29)23-6-13(31)7-24-21-25-10-26-28-21/h5,9-13,23,31H,1-4,6-8H2,(H,33,34)(H2,24,25,26,28). The maximum Gasteiger partial charge on any atom is 0.341 e. The summed E-state index contributed by atoms with van der Waals surface area (Å²) < 4.78 is 16.7. The first-order chi connectivity index (χ1) is 16.4. The van der Waals surface area contributed by atoms with Gasteiger partial charge in [-0.1, -0.05) is 0 Å². The average Bonchev–Trinajstić information content (AvgIpc) is 3.31. The number of halogens is 1. The van der Waals surface area contributed by atoms with E-state index in [9.17, 15) is 19.8 Å². The Morgan fingerprint density at radius 1 is 1.32 bits per heavy atom. The van der Waals surface area contributed by atoms with Gasteiger partial charge in [-0.15, -0.1) is 0 Å². The molecule has 1 aliphatic carbocycles. The molecule has 180 valence electrons. The molecule has 34 heavy (non-hydrogen) atoms. The maximum atomic E-state index is 15.0. The Balaban J connectivity index is 1.29. The predicted molar refractivity (Wildman–Crippen MR) is 121 cm³/mol. The predicted octanol–water partition coefficient (Wildman–Crippen LogP) is 0.328. The van der Waals surface area contributed by atoms with Crippen LogP contribution in [0, 0.1) is 5.82 Å². The van der Waals surface area contributed by atoms with Crippen molar-refractivity contribution in [1.82, 2.24) is 30.0 Å². The minimum absolute atomic E-state index is 0.0238. The van der Waals surface area contributed by atoms with Gasteiger partial charge in [-0.3, -0.25) is 4.79 Å². The minimum atomic E-state index is -1.34. The number of aromatic carboxylic acids is 1. The van der Waals surface area contributed by atoms with Crippen LogP contribution in [0.1, 0.15) is 35.7 Å². The molecule has 1 aliphatic heterocycles. The molecule has 12 nitrogen and oxygen atoms in total. The average molecular weight is 472 g/mol. The Morgan fingerprint density at radius 2 is 2.15 bits per heavy atom. The molecule has 2 unspecified atom stereocenters. The number of nitrogens with one attached hydrogen (secondary N) is 3. The van der Waals surface area contributed by atoms with Crippen LogP contribution in [-0.2, 0) is 0 Å². The Bertz CT molecular complexity index is 1260. The third-order valence-electron chi connectivity index (χ3n) is 6.16. The Hall–Kier alpha value is -3.58. The lowest BCUT2D eigenvalue weighted by molar-refractivity contribution is 0.0694. The molecule has 4 heterocycles. The first kappa shape index (κ1) is 22.2. The molecule has 5 N–H and O–H groups in total. The smallest absolute Gasteiger partial charge is 0.341 e. The normalized spacial score (nSPS) is 19.0. The number of fused-ring (bicyclic) bond motifs is 1. The number of aliphatic hydroxyl groups excluding tert-OH is 1. The fourth-order valence-corrected chi connectivity index (χ4v) is 4.24. The summed E-state index contributed by atoms with van der Waals surface area (Å²) in [4.78, 5) is 34.3. The molecule has 3 aromatic heterocycles. The number of anilines is 2. The summed E-state index contributed by atoms with van der Waals surface area (Å²) in [6.45, 7) is 1.67. The van der Waals surface area contributed by atoms with Gasteiger partial charge in [-0.25, -0.2) is 24.3 Å². The van der Waals surface area contributed by atoms with E-state index in [1.54, 1.807) is 9.47 Å². The number of carboxylic acid groups (broad SMARTS) is 1. The third-order valence-corrected chi connectivity index (χ3v) is 6.16. The van der Waals surface area contributed by atoms with Gasteiger partial charge >= 0.3 is 5.97 Å². The van der Waals surface area contributed by atoms with Crippen molar-refractivity contribution in [2.45, 2.75) is 37.5 Å². The Labute approximate surface area is 192 Å². The molecule has 0 bridgehead atoms. The Morgan fingerprint density at radius 3 is 2.85 bits per heavy atom. The van der Waals surface area contributed by atoms with E-state index in [2.05, 4.69) is 30.8 Å². The van der Waals surface area contributed by atoms with Crippen molar-refractivity contribution >= 4 is 28.8 Å². The van der Waals surface area contributed by atoms with Crippen LogP contribution in [0.3, 0.4) is 0 Å². The van der Waals surface area contributed by atoms with Crippen LogP contribution < -0.4 is 21.0 Å². The van der Waals surface area contributed by atoms with E-state index in [0.29, 0.717) is 31.2 Å². The second-order valence-electron chi connectivity index (χ2n) is 8.69. The van der Waals surface area contributed by atoms with Gasteiger partial charge in [-0.2, -0.15) is 5.10 Å². The van der Waals surface area contributed by atoms with E-state index >= 15 is 4.39 Å². The van der Waals surface area contributed by atoms with E-state index in [1.165, 1.54) is 12.5 Å². The third kappa shape index (κ3) is 4.43. The van der Waals surface area contributed by atoms with Crippen molar-refractivity contribution in [2.75, 3.05) is 36.4 Å². The van der Waals surface area contributed by atoms with E-state index in [4.69, 9.17) is 0 Å². The van der Waals surface area contributed by atoms with Gasteiger partial charge in [0, 0.05) is 44.5 Å². The van der Waals surface area contributed by atoms with E-state index in [-0.39, 0.29) is 35.4 Å². The number of hydrogen-bond donors (Lipinski definition) is 5. The van der Waals surface area contributed by atoms with Gasteiger partial charge in [0.25, 0.3) is 0 Å². The number of carboxylic acids is 1. The second kappa shape index (κ2) is 8.99. The van der Waals surface area contributed by atoms with E-state index < -0.39 is 23.3 Å². The summed E-state index contributed by atoms with van der Waals surface area (Å²) in [6, 6.07) is 1.19. The van der Waals surface area contributed by atoms with Crippen molar-refractivity contribution in [3.05, 3.63) is 40.2 Å². The topological polar surface area (TPSA) is 161 Å². The van der Waals surface area contributed by atoms with Gasteiger partial charge in [0.15, 0.2) is 11.6 Å². The van der Waals surface area contributed by atoms with Crippen molar-refractivity contribution in [2.24, 2.45) is 0 Å². The summed E-state index contributed by atoms with van der Waals surface area (Å²) in [6.07, 6.45) is 4.47. The summed E-state index contributed by atoms with van der Waals surface area (Å²) >= 11 is 0. The quantitative estimate of drug-likeness (QED) is 0.293. The van der Waals surface area contributed by atoms with Gasteiger partial charge in [0.05, 0.1) is 11.5 Å². The van der Waals surface area contributed by atoms with Crippen LogP contribution in [0.5, 0.6) is 0 Å². The monoisotopic (exact) mass is 472 g/mol. The molecule has 1 saturated carbocycles. The van der Waals surface area contributed by atoms with Crippen molar-refractivity contribution in [1.29, 1.82) is 0 Å². The number of nitrogens with zero attached hydrogens (tertiary/aromatic N) is 5. The van der Waals surface area contributed by atoms with Crippen molar-refractivity contribution < 1.29 is 19.4 Å². The first-order valence-electron chi connectivity index (χ1n) is 11.1. The van der Waals surface area contributed by atoms with E-state index in [1.807, 2.05) is 0 Å². The van der Waals surface area contributed by atoms with Crippen LogP contribution in [0.15, 0.2) is 23.4 Å². The SMILES string of the molecule is O=C(O)c1cn(C2CC2)c2nc(N3CCC(NCC(O)CNc4ncn[nH]4)C3)c(F)cc2c1=O. The lowest BCUT2D eigenvalue weighted by Crippen LogP contribution is -2.40. The fourth-order valence-electron chi connectivity index (χ4n) is 4.24. The molecule has 2 aliphatic rings. The number of aromatic amines is 1. The highest BCUT2D eigenvalue weighted by atomic mass is 19.1. The van der Waals surface area contributed by atoms with Gasteiger partial charge in [0.2, 0.25) is 11.4 Å². The Kier molecular flexibility index (Phi) is 5.87. The molecule has 0 amide bonds. The molecule has 13 heteroatoms. The van der Waals surface area contributed by atoms with E-state index in [0.717, 1.165) is 25.3 Å². The summed E-state index contributed by atoms with van der Waals surface area (Å²) in [5.41, 5.74) is -0.805. The fraction of sp³-hybridized carbons (Fsp3) is 0.476. The van der Waals surface area contributed by atoms with Crippen LogP contribution in [0.4, 0.5) is 16.2 Å². The molecule has 2 atom stereocenters. The maximum absolute atomic E-state index is 15.0. The zero-order valence-electron chi connectivity index (χ0n) is 18.2. The highest BCUT2D eigenvalue weighted by Gasteiger charge is 2.30. The lowest BCUT2D eigenvalue weighted by Gasteiger charge is -2.21. The molecule has 3 aromatic rings. The molecular formula is C21H25FN8O4. The number of aromatic nitrogens is 5. The highest BCUT2D eigenvalue weighted by Crippen LogP contribution is 2.37. The van der Waals surface area contributed by atoms with Gasteiger partial charge in [0.1, 0.15) is 17.5 Å². The minimum Gasteiger partial charge on any atom is -0.477 e. The zero-order chi connectivity index (χ0) is 23.8. The number of pyridine rings is 2. The number of rotatable bonds is 9. The van der Waals surface area contributed by atoms with Crippen LogP contribution in [0.2, 0.25) is 0 Å². The first-order valence-corrected chi connectivity index (χ1v) is 11.1. The molecule has 1 saturated heterocycles. The molecule has 0 radical (unpaired) electrons. The largest absolute Gasteiger partial charge is 0.477 e. The number of aliphatic hydroxyl groups is 1. The number of carbonyl (C=O) groups is 1. The second-order valence-corrected chi connectivity index (χ2v) is 8.69. The van der Waals surface area contributed by atoms with Gasteiger partial charge < -0.3 is 30.3 Å². The number of H-pyrrole nitrogens is 1. The molecule has 0 aromatic carbocycles. The summed E-state index contributed by atoms with van der Waals surface area (Å²) in [5, 5.41) is 32.1. The van der Waals surface area contributed by atoms with Crippen LogP contribution >= 0.6 is 0 Å². The molecular weight excluding hydrogens is 447 g/mol. The van der Waals surface area contributed by atoms with Crippen molar-refractivity contribution in [3.63, 3.8) is 0 Å². The van der Waals surface area contributed by atoms with Crippen molar-refractivity contribution in [3.8, 4) is 0 Å². The van der Waals surface area contributed by atoms with Crippen LogP contribution in [0.25, 0.3) is 11.0 Å². The zero-order valence-corrected chi connectivity index (χ0v) is 18.2. The lowest BCUT2D eigenvalue weighted by atomic mass is 10.2. The van der Waals surface area contributed by atoms with Gasteiger partial charge in [-0.05, 0) is 25.3 Å². The summed E-state index contributed by atoms with van der Waals surface area (Å²) in [5.74, 6) is -1.38. The highest BCUT2D eigenvalue weighted by molar-refractivity contribution is 5.92. The molecule has 0 spiro atoms.